The van der Waals surface area contributed by atoms with Crippen LogP contribution in [0.1, 0.15) is 16.7 Å². The summed E-state index contributed by atoms with van der Waals surface area (Å²) in [6.45, 7) is 0.753. The third kappa shape index (κ3) is 2.00. The van der Waals surface area contributed by atoms with Gasteiger partial charge in [-0.1, -0.05) is 47.5 Å². The van der Waals surface area contributed by atoms with E-state index in [0.717, 1.165) is 29.8 Å². The van der Waals surface area contributed by atoms with E-state index < -0.39 is 0 Å². The fourth-order valence-electron chi connectivity index (χ4n) is 2.09. The molecule has 1 aliphatic rings. The van der Waals surface area contributed by atoms with E-state index in [1.807, 2.05) is 18.2 Å². The number of nitrogens with zero attached hydrogens (tertiary/aromatic N) is 3. The Morgan fingerprint density at radius 3 is 2.72 bits per heavy atom. The number of fused-ring (bicyclic) bond motifs is 1. The van der Waals surface area contributed by atoms with Crippen molar-refractivity contribution in [3.8, 4) is 0 Å². The Kier molecular flexibility index (Phi) is 3.02. The van der Waals surface area contributed by atoms with Crippen LogP contribution in [0, 0.1) is 0 Å². The van der Waals surface area contributed by atoms with E-state index in [4.69, 9.17) is 23.2 Å². The minimum absolute atomic E-state index is 0.320. The second kappa shape index (κ2) is 4.67. The molecule has 3 rings (SSSR count). The van der Waals surface area contributed by atoms with Crippen LogP contribution in [-0.4, -0.2) is 22.5 Å². The van der Waals surface area contributed by atoms with Gasteiger partial charge < -0.3 is 0 Å². The maximum atomic E-state index is 6.08. The van der Waals surface area contributed by atoms with Crippen molar-refractivity contribution >= 4 is 28.9 Å². The van der Waals surface area contributed by atoms with Gasteiger partial charge in [0, 0.05) is 17.7 Å². The Hall–Kier alpha value is -1.45. The molecule has 0 saturated carbocycles. The normalized spacial score (nSPS) is 14.0. The number of hydrogen-bond acceptors (Lipinski definition) is 3. The number of halogens is 2. The zero-order valence-electron chi connectivity index (χ0n) is 9.40. The molecule has 1 aromatic carbocycles. The molecule has 0 radical (unpaired) electrons. The molecule has 0 bridgehead atoms. The molecule has 0 fully saturated rings. The van der Waals surface area contributed by atoms with Gasteiger partial charge in [-0.3, -0.25) is 4.99 Å². The third-order valence-corrected chi connectivity index (χ3v) is 3.36. The Morgan fingerprint density at radius 2 is 1.83 bits per heavy atom. The summed E-state index contributed by atoms with van der Waals surface area (Å²) in [5, 5.41) is 8.20. The van der Waals surface area contributed by atoms with E-state index in [2.05, 4.69) is 21.3 Å². The van der Waals surface area contributed by atoms with E-state index in [-0.39, 0.29) is 0 Å². The summed E-state index contributed by atoms with van der Waals surface area (Å²) in [7, 11) is 0. The topological polar surface area (TPSA) is 38.1 Å². The summed E-state index contributed by atoms with van der Waals surface area (Å²) in [6, 6.07) is 9.87. The Labute approximate surface area is 114 Å². The van der Waals surface area contributed by atoms with E-state index in [1.54, 1.807) is 6.07 Å². The van der Waals surface area contributed by atoms with Crippen molar-refractivity contribution in [3.63, 3.8) is 0 Å². The Bertz CT molecular complexity index is 638. The molecule has 18 heavy (non-hydrogen) atoms. The van der Waals surface area contributed by atoms with Gasteiger partial charge in [-0.2, -0.15) is 0 Å². The summed E-state index contributed by atoms with van der Waals surface area (Å²) >= 11 is 12.0. The predicted octanol–water partition coefficient (Wildman–Crippen LogP) is 3.18. The lowest BCUT2D eigenvalue weighted by Crippen LogP contribution is -2.15. The highest BCUT2D eigenvalue weighted by Crippen LogP contribution is 2.24. The maximum absolute atomic E-state index is 6.08. The highest BCUT2D eigenvalue weighted by Gasteiger charge is 2.18. The molecule has 2 heterocycles. The summed E-state index contributed by atoms with van der Waals surface area (Å²) < 4.78 is 0. The van der Waals surface area contributed by atoms with Gasteiger partial charge in [-0.15, -0.1) is 10.2 Å². The van der Waals surface area contributed by atoms with Crippen LogP contribution in [0.2, 0.25) is 10.3 Å². The molecule has 0 atom stereocenters. The first-order valence-electron chi connectivity index (χ1n) is 5.57. The molecule has 0 aliphatic carbocycles. The van der Waals surface area contributed by atoms with Crippen LogP contribution in [0.4, 0.5) is 0 Å². The van der Waals surface area contributed by atoms with Gasteiger partial charge in [-0.25, -0.2) is 0 Å². The SMILES string of the molecule is Clc1cc(C2=NCCc3ccccc32)c(Cl)nn1. The summed E-state index contributed by atoms with van der Waals surface area (Å²) in [6.07, 6.45) is 0.948. The van der Waals surface area contributed by atoms with E-state index >= 15 is 0 Å². The van der Waals surface area contributed by atoms with Gasteiger partial charge in [0.2, 0.25) is 0 Å². The van der Waals surface area contributed by atoms with Crippen LogP contribution in [-0.2, 0) is 6.42 Å². The molecule has 0 unspecified atom stereocenters. The molecule has 0 amide bonds. The Balaban J connectivity index is 2.18. The molecule has 5 heteroatoms. The first-order chi connectivity index (χ1) is 8.75. The molecular formula is C13H9Cl2N3. The van der Waals surface area contributed by atoms with Gasteiger partial charge in [-0.05, 0) is 18.1 Å². The van der Waals surface area contributed by atoms with Crippen molar-refractivity contribution < 1.29 is 0 Å². The summed E-state index contributed by atoms with van der Waals surface area (Å²) in [5.74, 6) is 0. The molecule has 2 aromatic rings. The van der Waals surface area contributed by atoms with Crippen molar-refractivity contribution in [2.24, 2.45) is 4.99 Å². The zero-order valence-corrected chi connectivity index (χ0v) is 10.9. The molecule has 1 aromatic heterocycles. The van der Waals surface area contributed by atoms with Gasteiger partial charge in [0.05, 0.1) is 5.71 Å². The smallest absolute Gasteiger partial charge is 0.161 e. The van der Waals surface area contributed by atoms with E-state index in [0.29, 0.717) is 10.3 Å². The Morgan fingerprint density at radius 1 is 1.00 bits per heavy atom. The quantitative estimate of drug-likeness (QED) is 0.803. The average Bonchev–Trinajstić information content (AvgIpc) is 2.41. The monoisotopic (exact) mass is 277 g/mol. The highest BCUT2D eigenvalue weighted by molar-refractivity contribution is 6.35. The van der Waals surface area contributed by atoms with Crippen LogP contribution >= 0.6 is 23.2 Å². The summed E-state index contributed by atoms with van der Waals surface area (Å²) in [4.78, 5) is 4.55. The molecule has 3 nitrogen and oxygen atoms in total. The van der Waals surface area contributed by atoms with Crippen LogP contribution in [0.25, 0.3) is 0 Å². The van der Waals surface area contributed by atoms with Crippen LogP contribution in [0.5, 0.6) is 0 Å². The lowest BCUT2D eigenvalue weighted by molar-refractivity contribution is 0.941. The first-order valence-corrected chi connectivity index (χ1v) is 6.33. The summed E-state index contributed by atoms with van der Waals surface area (Å²) in [5.41, 5.74) is 3.95. The largest absolute Gasteiger partial charge is 0.284 e. The fraction of sp³-hybridized carbons (Fsp3) is 0.154. The van der Waals surface area contributed by atoms with Crippen LogP contribution < -0.4 is 0 Å². The third-order valence-electron chi connectivity index (χ3n) is 2.90. The number of rotatable bonds is 1. The standard InChI is InChI=1S/C13H9Cl2N3/c14-11-7-10(13(15)18-17-11)12-9-4-2-1-3-8(9)5-6-16-12/h1-4,7H,5-6H2. The first kappa shape index (κ1) is 11.6. The predicted molar refractivity (Wildman–Crippen MR) is 72.7 cm³/mol. The van der Waals surface area contributed by atoms with Crippen molar-refractivity contribution in [2.75, 3.05) is 6.54 Å². The van der Waals surface area contributed by atoms with Gasteiger partial charge in [0.1, 0.15) is 0 Å². The maximum Gasteiger partial charge on any atom is 0.161 e. The molecule has 1 aliphatic heterocycles. The van der Waals surface area contributed by atoms with Gasteiger partial charge in [0.15, 0.2) is 10.3 Å². The van der Waals surface area contributed by atoms with Crippen LogP contribution in [0.15, 0.2) is 35.3 Å². The highest BCUT2D eigenvalue weighted by atomic mass is 35.5. The van der Waals surface area contributed by atoms with Crippen molar-refractivity contribution in [2.45, 2.75) is 6.42 Å². The molecule has 0 N–H and O–H groups in total. The number of benzene rings is 1. The fourth-order valence-corrected chi connectivity index (χ4v) is 2.42. The van der Waals surface area contributed by atoms with E-state index in [9.17, 15) is 0 Å². The molecule has 90 valence electrons. The molecular weight excluding hydrogens is 269 g/mol. The second-order valence-corrected chi connectivity index (χ2v) is 4.75. The lowest BCUT2D eigenvalue weighted by atomic mass is 9.94. The van der Waals surface area contributed by atoms with Crippen molar-refractivity contribution in [1.82, 2.24) is 10.2 Å². The van der Waals surface area contributed by atoms with Gasteiger partial charge >= 0.3 is 0 Å². The van der Waals surface area contributed by atoms with Crippen LogP contribution in [0.3, 0.4) is 0 Å². The minimum atomic E-state index is 0.320. The number of aromatic nitrogens is 2. The van der Waals surface area contributed by atoms with Crippen molar-refractivity contribution in [3.05, 3.63) is 57.3 Å². The minimum Gasteiger partial charge on any atom is -0.284 e. The number of aliphatic imine (C=N–C) groups is 1. The second-order valence-electron chi connectivity index (χ2n) is 4.01. The molecule has 0 saturated heterocycles. The molecule has 0 spiro atoms. The zero-order chi connectivity index (χ0) is 12.5. The number of hydrogen-bond donors (Lipinski definition) is 0. The van der Waals surface area contributed by atoms with E-state index in [1.165, 1.54) is 5.56 Å². The van der Waals surface area contributed by atoms with Crippen molar-refractivity contribution in [1.29, 1.82) is 0 Å². The van der Waals surface area contributed by atoms with Gasteiger partial charge in [0.25, 0.3) is 0 Å². The lowest BCUT2D eigenvalue weighted by Gasteiger charge is -2.17. The average molecular weight is 278 g/mol.